The van der Waals surface area contributed by atoms with Crippen LogP contribution in [0.1, 0.15) is 11.4 Å². The van der Waals surface area contributed by atoms with Crippen LogP contribution in [0.2, 0.25) is 0 Å². The highest BCUT2D eigenvalue weighted by atomic mass is 16.5. The molecule has 0 aliphatic carbocycles. The average molecular weight is 230 g/mol. The number of methoxy groups -OCH3 is 1. The molecule has 0 N–H and O–H groups in total. The van der Waals surface area contributed by atoms with Gasteiger partial charge in [-0.25, -0.2) is 0 Å². The lowest BCUT2D eigenvalue weighted by atomic mass is 10.2. The molecule has 0 radical (unpaired) electrons. The third-order valence-electron chi connectivity index (χ3n) is 2.78. The Morgan fingerprint density at radius 3 is 2.41 bits per heavy atom. The number of ether oxygens (including phenoxy) is 1. The summed E-state index contributed by atoms with van der Waals surface area (Å²) in [6.07, 6.45) is 1.34. The van der Waals surface area contributed by atoms with Crippen molar-refractivity contribution in [2.75, 3.05) is 7.11 Å². The van der Waals surface area contributed by atoms with E-state index in [1.165, 1.54) is 6.20 Å². The summed E-state index contributed by atoms with van der Waals surface area (Å²) in [5.74, 6) is 0.769. The number of benzene rings is 1. The lowest BCUT2D eigenvalue weighted by Crippen LogP contribution is -2.21. The molecule has 0 unspecified atom stereocenters. The fourth-order valence-electron chi connectivity index (χ4n) is 1.68. The Balaban J connectivity index is 2.60. The van der Waals surface area contributed by atoms with Gasteiger partial charge >= 0.3 is 0 Å². The quantitative estimate of drug-likeness (QED) is 0.791. The highest BCUT2D eigenvalue weighted by Crippen LogP contribution is 2.15. The molecule has 1 heterocycles. The van der Waals surface area contributed by atoms with E-state index in [0.717, 1.165) is 22.8 Å². The molecule has 4 nitrogen and oxygen atoms in total. The van der Waals surface area contributed by atoms with Gasteiger partial charge in [0.15, 0.2) is 0 Å². The summed E-state index contributed by atoms with van der Waals surface area (Å²) in [6, 6.07) is 7.37. The van der Waals surface area contributed by atoms with E-state index >= 15 is 0 Å². The Morgan fingerprint density at radius 2 is 1.82 bits per heavy atom. The second-order valence-corrected chi connectivity index (χ2v) is 3.80. The SMILES string of the molecule is COc1ccc(-n2c(C)c(C)ncc2=O)cc1. The topological polar surface area (TPSA) is 44.1 Å². The van der Waals surface area contributed by atoms with Gasteiger partial charge in [0.1, 0.15) is 5.75 Å². The molecule has 0 aliphatic rings. The molecule has 4 heteroatoms. The summed E-state index contributed by atoms with van der Waals surface area (Å²) in [6.45, 7) is 3.77. The first kappa shape index (κ1) is 11.4. The van der Waals surface area contributed by atoms with E-state index in [4.69, 9.17) is 4.74 Å². The number of rotatable bonds is 2. The number of aromatic nitrogens is 2. The van der Waals surface area contributed by atoms with E-state index < -0.39 is 0 Å². The molecule has 0 bridgehead atoms. The summed E-state index contributed by atoms with van der Waals surface area (Å²) in [4.78, 5) is 15.9. The van der Waals surface area contributed by atoms with Crippen molar-refractivity contribution in [3.8, 4) is 11.4 Å². The fraction of sp³-hybridized carbons (Fsp3) is 0.231. The zero-order valence-electron chi connectivity index (χ0n) is 10.1. The zero-order valence-corrected chi connectivity index (χ0v) is 10.1. The second-order valence-electron chi connectivity index (χ2n) is 3.80. The van der Waals surface area contributed by atoms with Crippen LogP contribution in [0.15, 0.2) is 35.3 Å². The minimum absolute atomic E-state index is 0.127. The van der Waals surface area contributed by atoms with Crippen LogP contribution < -0.4 is 10.3 Å². The van der Waals surface area contributed by atoms with Crippen LogP contribution in [-0.4, -0.2) is 16.7 Å². The molecule has 0 fully saturated rings. The second kappa shape index (κ2) is 4.41. The van der Waals surface area contributed by atoms with E-state index in [9.17, 15) is 4.79 Å². The van der Waals surface area contributed by atoms with Crippen molar-refractivity contribution >= 4 is 0 Å². The van der Waals surface area contributed by atoms with Crippen molar-refractivity contribution in [2.45, 2.75) is 13.8 Å². The zero-order chi connectivity index (χ0) is 12.4. The largest absolute Gasteiger partial charge is 0.497 e. The summed E-state index contributed by atoms with van der Waals surface area (Å²) in [5.41, 5.74) is 2.39. The molecule has 2 rings (SSSR count). The van der Waals surface area contributed by atoms with Crippen LogP contribution in [0.5, 0.6) is 5.75 Å². The van der Waals surface area contributed by atoms with Crippen LogP contribution in [0.25, 0.3) is 5.69 Å². The van der Waals surface area contributed by atoms with E-state index in [1.54, 1.807) is 11.7 Å². The first-order chi connectivity index (χ1) is 8.13. The first-order valence-corrected chi connectivity index (χ1v) is 5.33. The van der Waals surface area contributed by atoms with Gasteiger partial charge in [-0.3, -0.25) is 14.3 Å². The number of nitrogens with zero attached hydrogens (tertiary/aromatic N) is 2. The third-order valence-corrected chi connectivity index (χ3v) is 2.78. The molecule has 0 saturated carbocycles. The maximum absolute atomic E-state index is 11.8. The smallest absolute Gasteiger partial charge is 0.273 e. The lowest BCUT2D eigenvalue weighted by molar-refractivity contribution is 0.414. The van der Waals surface area contributed by atoms with Crippen molar-refractivity contribution in [3.05, 3.63) is 52.2 Å². The fourth-order valence-corrected chi connectivity index (χ4v) is 1.68. The van der Waals surface area contributed by atoms with Crippen molar-refractivity contribution in [2.24, 2.45) is 0 Å². The van der Waals surface area contributed by atoms with Gasteiger partial charge < -0.3 is 4.74 Å². The van der Waals surface area contributed by atoms with Crippen molar-refractivity contribution in [1.29, 1.82) is 0 Å². The lowest BCUT2D eigenvalue weighted by Gasteiger charge is -2.11. The van der Waals surface area contributed by atoms with Crippen molar-refractivity contribution in [3.63, 3.8) is 0 Å². The van der Waals surface area contributed by atoms with Gasteiger partial charge in [-0.15, -0.1) is 0 Å². The highest BCUT2D eigenvalue weighted by molar-refractivity contribution is 5.39. The van der Waals surface area contributed by atoms with Crippen LogP contribution in [0.3, 0.4) is 0 Å². The monoisotopic (exact) mass is 230 g/mol. The molecule has 0 atom stereocenters. The van der Waals surface area contributed by atoms with Crippen molar-refractivity contribution < 1.29 is 4.74 Å². The third kappa shape index (κ3) is 2.06. The van der Waals surface area contributed by atoms with E-state index in [1.807, 2.05) is 38.1 Å². The molecular weight excluding hydrogens is 216 g/mol. The molecule has 0 spiro atoms. The Morgan fingerprint density at radius 1 is 1.18 bits per heavy atom. The normalized spacial score (nSPS) is 10.3. The van der Waals surface area contributed by atoms with Crippen LogP contribution >= 0.6 is 0 Å². The summed E-state index contributed by atoms with van der Waals surface area (Å²) in [5, 5.41) is 0. The van der Waals surface area contributed by atoms with Gasteiger partial charge in [0.2, 0.25) is 0 Å². The maximum Gasteiger partial charge on any atom is 0.273 e. The van der Waals surface area contributed by atoms with E-state index in [2.05, 4.69) is 4.98 Å². The number of hydrogen-bond donors (Lipinski definition) is 0. The predicted molar refractivity (Wildman–Crippen MR) is 65.9 cm³/mol. The van der Waals surface area contributed by atoms with Gasteiger partial charge in [-0.2, -0.15) is 0 Å². The van der Waals surface area contributed by atoms with Crippen LogP contribution in [0.4, 0.5) is 0 Å². The minimum atomic E-state index is -0.127. The molecule has 88 valence electrons. The van der Waals surface area contributed by atoms with Gasteiger partial charge in [0.05, 0.1) is 19.0 Å². The molecule has 1 aromatic heterocycles. The Kier molecular flexibility index (Phi) is 2.95. The van der Waals surface area contributed by atoms with Gasteiger partial charge in [0.25, 0.3) is 5.56 Å². The van der Waals surface area contributed by atoms with Crippen LogP contribution in [0, 0.1) is 13.8 Å². The predicted octanol–water partition coefficient (Wildman–Crippen LogP) is 1.86. The summed E-state index contributed by atoms with van der Waals surface area (Å²) in [7, 11) is 1.61. The van der Waals surface area contributed by atoms with Gasteiger partial charge in [-0.05, 0) is 38.1 Å². The van der Waals surface area contributed by atoms with E-state index in [0.29, 0.717) is 0 Å². The molecule has 0 saturated heterocycles. The number of hydrogen-bond acceptors (Lipinski definition) is 3. The Bertz CT molecular complexity index is 585. The van der Waals surface area contributed by atoms with E-state index in [-0.39, 0.29) is 5.56 Å². The standard InChI is InChI=1S/C13H14N2O2/c1-9-10(2)15(13(16)8-14-9)11-4-6-12(17-3)7-5-11/h4-8H,1-3H3. The van der Waals surface area contributed by atoms with Crippen LogP contribution in [-0.2, 0) is 0 Å². The number of aryl methyl sites for hydroxylation is 1. The molecule has 0 aliphatic heterocycles. The van der Waals surface area contributed by atoms with Gasteiger partial charge in [0, 0.05) is 11.4 Å². The average Bonchev–Trinajstić information content (AvgIpc) is 2.35. The molecule has 0 amide bonds. The van der Waals surface area contributed by atoms with Crippen molar-refractivity contribution in [1.82, 2.24) is 9.55 Å². The Labute approximate surface area is 99.5 Å². The Hall–Kier alpha value is -2.10. The van der Waals surface area contributed by atoms with Gasteiger partial charge in [-0.1, -0.05) is 0 Å². The summed E-state index contributed by atoms with van der Waals surface area (Å²) >= 11 is 0. The summed E-state index contributed by atoms with van der Waals surface area (Å²) < 4.78 is 6.73. The molecule has 2 aromatic rings. The molecule has 1 aromatic carbocycles. The highest BCUT2D eigenvalue weighted by Gasteiger charge is 2.06. The maximum atomic E-state index is 11.8. The molecule has 17 heavy (non-hydrogen) atoms. The molecular formula is C13H14N2O2. The first-order valence-electron chi connectivity index (χ1n) is 5.33. The minimum Gasteiger partial charge on any atom is -0.497 e.